The van der Waals surface area contributed by atoms with Gasteiger partial charge in [-0.2, -0.15) is 0 Å². The molecule has 0 aliphatic carbocycles. The van der Waals surface area contributed by atoms with Crippen LogP contribution in [0.5, 0.6) is 0 Å². The van der Waals surface area contributed by atoms with Gasteiger partial charge in [0.1, 0.15) is 5.82 Å². The first-order valence-electron chi connectivity index (χ1n) is 9.30. The normalized spacial score (nSPS) is 18.0. The number of rotatable bonds is 10. The fourth-order valence-corrected chi connectivity index (χ4v) is 2.66. The van der Waals surface area contributed by atoms with Gasteiger partial charge >= 0.3 is 0 Å². The van der Waals surface area contributed by atoms with E-state index in [2.05, 4.69) is 15.6 Å². The van der Waals surface area contributed by atoms with Gasteiger partial charge < -0.3 is 25.2 Å². The van der Waals surface area contributed by atoms with E-state index >= 15 is 0 Å². The molecule has 0 amide bonds. The largest absolute Gasteiger partial charge is 0.386 e. The highest BCUT2D eigenvalue weighted by atomic mass is 127. The van der Waals surface area contributed by atoms with Gasteiger partial charge in [-0.1, -0.05) is 12.1 Å². The minimum atomic E-state index is -0.761. The van der Waals surface area contributed by atoms with Crippen molar-refractivity contribution in [1.82, 2.24) is 10.6 Å². The van der Waals surface area contributed by atoms with E-state index < -0.39 is 6.10 Å². The van der Waals surface area contributed by atoms with E-state index in [-0.39, 0.29) is 36.3 Å². The number of halogens is 2. The molecule has 0 saturated carbocycles. The third-order valence-electron chi connectivity index (χ3n) is 4.16. The van der Waals surface area contributed by atoms with Crippen molar-refractivity contribution in [2.75, 3.05) is 46.1 Å². The van der Waals surface area contributed by atoms with Gasteiger partial charge in [0.2, 0.25) is 0 Å². The van der Waals surface area contributed by atoms with E-state index in [4.69, 9.17) is 9.47 Å². The van der Waals surface area contributed by atoms with Crippen molar-refractivity contribution in [3.05, 3.63) is 35.6 Å². The number of ether oxygens (including phenoxy) is 2. The third-order valence-corrected chi connectivity index (χ3v) is 4.16. The lowest BCUT2D eigenvalue weighted by molar-refractivity contribution is 0.0888. The molecule has 2 rings (SSSR count). The first-order valence-corrected chi connectivity index (χ1v) is 9.30. The number of hydrogen-bond acceptors (Lipinski definition) is 4. The van der Waals surface area contributed by atoms with Crippen LogP contribution in [0.15, 0.2) is 29.3 Å². The highest BCUT2D eigenvalue weighted by Gasteiger charge is 2.15. The summed E-state index contributed by atoms with van der Waals surface area (Å²) in [4.78, 5) is 4.39. The predicted molar refractivity (Wildman–Crippen MR) is 115 cm³/mol. The second kappa shape index (κ2) is 14.1. The van der Waals surface area contributed by atoms with Crippen LogP contribution >= 0.6 is 24.0 Å². The summed E-state index contributed by atoms with van der Waals surface area (Å²) in [5.41, 5.74) is 0.648. The van der Waals surface area contributed by atoms with E-state index in [1.807, 2.05) is 6.92 Å². The summed E-state index contributed by atoms with van der Waals surface area (Å²) in [7, 11) is 0. The molecule has 0 aromatic heterocycles. The lowest BCUT2D eigenvalue weighted by atomic mass is 10.1. The van der Waals surface area contributed by atoms with Crippen LogP contribution in [0.3, 0.4) is 0 Å². The molecule has 1 aromatic rings. The van der Waals surface area contributed by atoms with E-state index in [0.29, 0.717) is 24.0 Å². The molecule has 1 fully saturated rings. The van der Waals surface area contributed by atoms with Gasteiger partial charge in [-0.15, -0.1) is 24.0 Å². The Balaban J connectivity index is 0.00000364. The Morgan fingerprint density at radius 2 is 2.15 bits per heavy atom. The standard InChI is InChI=1S/C19H30FN3O3.HI/c1-2-21-19(22-9-3-10-25-13-15-8-11-26-14-15)23-12-18(24)16-4-6-17(20)7-5-16;/h4-7,15,18,24H,2-3,8-14H2,1H3,(H2,21,22,23);1H. The molecule has 2 unspecified atom stereocenters. The third kappa shape index (κ3) is 9.68. The van der Waals surface area contributed by atoms with Crippen molar-refractivity contribution in [3.8, 4) is 0 Å². The van der Waals surface area contributed by atoms with Gasteiger partial charge in [0.05, 0.1) is 25.9 Å². The van der Waals surface area contributed by atoms with Crippen LogP contribution in [-0.4, -0.2) is 57.1 Å². The molecule has 0 radical (unpaired) electrons. The average molecular weight is 495 g/mol. The summed E-state index contributed by atoms with van der Waals surface area (Å²) in [5, 5.41) is 16.5. The van der Waals surface area contributed by atoms with Crippen molar-refractivity contribution < 1.29 is 19.0 Å². The fraction of sp³-hybridized carbons (Fsp3) is 0.632. The van der Waals surface area contributed by atoms with Gasteiger partial charge in [0.15, 0.2) is 5.96 Å². The molecule has 1 aromatic carbocycles. The molecule has 154 valence electrons. The van der Waals surface area contributed by atoms with E-state index in [1.54, 1.807) is 12.1 Å². The highest BCUT2D eigenvalue weighted by Crippen LogP contribution is 2.13. The van der Waals surface area contributed by atoms with Crippen molar-refractivity contribution in [2.24, 2.45) is 10.9 Å². The number of aliphatic hydroxyl groups excluding tert-OH is 1. The molecular formula is C19H31FIN3O3. The summed E-state index contributed by atoms with van der Waals surface area (Å²) in [6.45, 7) is 6.78. The number of guanidine groups is 1. The topological polar surface area (TPSA) is 75.1 Å². The Morgan fingerprint density at radius 3 is 2.81 bits per heavy atom. The Morgan fingerprint density at radius 1 is 1.37 bits per heavy atom. The average Bonchev–Trinajstić information content (AvgIpc) is 3.16. The number of nitrogens with one attached hydrogen (secondary N) is 2. The van der Waals surface area contributed by atoms with Gasteiger partial charge in [-0.25, -0.2) is 4.39 Å². The molecule has 6 nitrogen and oxygen atoms in total. The van der Waals surface area contributed by atoms with Gasteiger partial charge in [-0.3, -0.25) is 4.99 Å². The summed E-state index contributed by atoms with van der Waals surface area (Å²) in [6, 6.07) is 5.82. The maximum atomic E-state index is 12.9. The number of benzene rings is 1. The Bertz CT molecular complexity index is 540. The fourth-order valence-electron chi connectivity index (χ4n) is 2.66. The molecule has 1 saturated heterocycles. The Hall–Kier alpha value is -0.970. The van der Waals surface area contributed by atoms with Crippen LogP contribution in [-0.2, 0) is 9.47 Å². The van der Waals surface area contributed by atoms with Crippen molar-refractivity contribution in [1.29, 1.82) is 0 Å². The molecule has 0 bridgehead atoms. The SMILES string of the molecule is CCNC(=NCC(O)c1ccc(F)cc1)NCCCOCC1CCOC1.I. The zero-order valence-electron chi connectivity index (χ0n) is 15.8. The number of hydrogen-bond donors (Lipinski definition) is 3. The lowest BCUT2D eigenvalue weighted by Crippen LogP contribution is -2.38. The van der Waals surface area contributed by atoms with Crippen LogP contribution in [0.1, 0.15) is 31.4 Å². The van der Waals surface area contributed by atoms with Crippen molar-refractivity contribution in [2.45, 2.75) is 25.9 Å². The van der Waals surface area contributed by atoms with Crippen LogP contribution in [0.25, 0.3) is 0 Å². The van der Waals surface area contributed by atoms with E-state index in [1.165, 1.54) is 12.1 Å². The molecule has 1 heterocycles. The number of aliphatic hydroxyl groups is 1. The molecule has 2 atom stereocenters. The van der Waals surface area contributed by atoms with Crippen LogP contribution in [0.2, 0.25) is 0 Å². The highest BCUT2D eigenvalue weighted by molar-refractivity contribution is 14.0. The van der Waals surface area contributed by atoms with Crippen LogP contribution < -0.4 is 10.6 Å². The van der Waals surface area contributed by atoms with Crippen LogP contribution in [0, 0.1) is 11.7 Å². The smallest absolute Gasteiger partial charge is 0.191 e. The minimum absolute atomic E-state index is 0. The summed E-state index contributed by atoms with van der Waals surface area (Å²) in [5.74, 6) is 0.870. The molecule has 27 heavy (non-hydrogen) atoms. The first kappa shape index (κ1) is 24.1. The Kier molecular flexibility index (Phi) is 12.6. The molecule has 8 heteroatoms. The summed E-state index contributed by atoms with van der Waals surface area (Å²) < 4.78 is 23.9. The predicted octanol–water partition coefficient (Wildman–Crippen LogP) is 2.48. The van der Waals surface area contributed by atoms with Gasteiger partial charge in [-0.05, 0) is 37.5 Å². The lowest BCUT2D eigenvalue weighted by Gasteiger charge is -2.14. The zero-order chi connectivity index (χ0) is 18.6. The monoisotopic (exact) mass is 495 g/mol. The molecule has 3 N–H and O–H groups in total. The molecule has 1 aliphatic heterocycles. The van der Waals surface area contributed by atoms with E-state index in [9.17, 15) is 9.50 Å². The van der Waals surface area contributed by atoms with Gasteiger partial charge in [0, 0.05) is 32.2 Å². The first-order chi connectivity index (χ1) is 12.7. The minimum Gasteiger partial charge on any atom is -0.386 e. The number of nitrogens with zero attached hydrogens (tertiary/aromatic N) is 1. The van der Waals surface area contributed by atoms with E-state index in [0.717, 1.165) is 45.8 Å². The second-order valence-electron chi connectivity index (χ2n) is 6.37. The zero-order valence-corrected chi connectivity index (χ0v) is 18.2. The molecule has 0 spiro atoms. The second-order valence-corrected chi connectivity index (χ2v) is 6.37. The molecular weight excluding hydrogens is 464 g/mol. The number of aliphatic imine (C=N–C) groups is 1. The van der Waals surface area contributed by atoms with Crippen LogP contribution in [0.4, 0.5) is 4.39 Å². The summed E-state index contributed by atoms with van der Waals surface area (Å²) >= 11 is 0. The van der Waals surface area contributed by atoms with Crippen molar-refractivity contribution >= 4 is 29.9 Å². The summed E-state index contributed by atoms with van der Waals surface area (Å²) in [6.07, 6.45) is 1.20. The maximum absolute atomic E-state index is 12.9. The van der Waals surface area contributed by atoms with Gasteiger partial charge in [0.25, 0.3) is 0 Å². The maximum Gasteiger partial charge on any atom is 0.191 e. The molecule has 1 aliphatic rings. The Labute approximate surface area is 177 Å². The quantitative estimate of drug-likeness (QED) is 0.201. The van der Waals surface area contributed by atoms with Crippen molar-refractivity contribution in [3.63, 3.8) is 0 Å².